The second kappa shape index (κ2) is 4.18. The summed E-state index contributed by atoms with van der Waals surface area (Å²) in [7, 11) is 0. The predicted molar refractivity (Wildman–Crippen MR) is 64.3 cm³/mol. The lowest BCUT2D eigenvalue weighted by molar-refractivity contribution is 0.0937. The average molecular weight is 204 g/mol. The van der Waals surface area contributed by atoms with Gasteiger partial charge in [-0.25, -0.2) is 0 Å². The van der Waals surface area contributed by atoms with E-state index >= 15 is 0 Å². The Kier molecular flexibility index (Phi) is 3.33. The van der Waals surface area contributed by atoms with Gasteiger partial charge in [-0.15, -0.1) is 0 Å². The number of ketones is 1. The number of rotatable bonds is 2. The van der Waals surface area contributed by atoms with Crippen LogP contribution in [0.25, 0.3) is 0 Å². The molecule has 1 aromatic carbocycles. The van der Waals surface area contributed by atoms with Crippen molar-refractivity contribution in [1.29, 1.82) is 0 Å². The van der Waals surface area contributed by atoms with Crippen LogP contribution < -0.4 is 0 Å². The van der Waals surface area contributed by atoms with Gasteiger partial charge in [-0.2, -0.15) is 0 Å². The Bertz CT molecular complexity index is 356. The molecule has 0 amide bonds. The van der Waals surface area contributed by atoms with E-state index in [2.05, 4.69) is 26.8 Å². The number of benzene rings is 1. The molecule has 0 fully saturated rings. The second-order valence-electron chi connectivity index (χ2n) is 5.31. The summed E-state index contributed by atoms with van der Waals surface area (Å²) >= 11 is 0. The summed E-state index contributed by atoms with van der Waals surface area (Å²) < 4.78 is 0. The third kappa shape index (κ3) is 2.68. The molecule has 0 spiro atoms. The fourth-order valence-electron chi connectivity index (χ4n) is 1.66. The van der Waals surface area contributed by atoms with Crippen LogP contribution in [-0.4, -0.2) is 5.78 Å². The van der Waals surface area contributed by atoms with Gasteiger partial charge in [-0.05, 0) is 11.0 Å². The molecule has 82 valence electrons. The van der Waals surface area contributed by atoms with Gasteiger partial charge in [0.25, 0.3) is 0 Å². The van der Waals surface area contributed by atoms with E-state index in [4.69, 9.17) is 0 Å². The van der Waals surface area contributed by atoms with Crippen molar-refractivity contribution in [1.82, 2.24) is 0 Å². The van der Waals surface area contributed by atoms with Gasteiger partial charge in [0.2, 0.25) is 0 Å². The highest BCUT2D eigenvalue weighted by Gasteiger charge is 2.22. The number of hydrogen-bond acceptors (Lipinski definition) is 1. The maximum atomic E-state index is 12.0. The SMILES string of the molecule is CC(C)C(=O)c1ccccc1C(C)(C)C. The molecule has 0 aliphatic rings. The second-order valence-corrected chi connectivity index (χ2v) is 5.31. The molecule has 1 heteroatoms. The zero-order valence-corrected chi connectivity index (χ0v) is 10.3. The molecular formula is C14H20O. The van der Waals surface area contributed by atoms with Gasteiger partial charge >= 0.3 is 0 Å². The van der Waals surface area contributed by atoms with E-state index in [1.165, 1.54) is 0 Å². The van der Waals surface area contributed by atoms with E-state index in [0.29, 0.717) is 0 Å². The van der Waals surface area contributed by atoms with E-state index in [1.807, 2.05) is 32.0 Å². The Balaban J connectivity index is 3.25. The van der Waals surface area contributed by atoms with Crippen LogP contribution in [0, 0.1) is 5.92 Å². The number of carbonyl (C=O) groups is 1. The third-order valence-electron chi connectivity index (χ3n) is 2.52. The van der Waals surface area contributed by atoms with Gasteiger partial charge in [0.1, 0.15) is 0 Å². The van der Waals surface area contributed by atoms with Crippen molar-refractivity contribution in [3.8, 4) is 0 Å². The highest BCUT2D eigenvalue weighted by Crippen LogP contribution is 2.27. The zero-order chi connectivity index (χ0) is 11.6. The first-order chi connectivity index (χ1) is 6.84. The maximum absolute atomic E-state index is 12.0. The van der Waals surface area contributed by atoms with Gasteiger partial charge in [-0.1, -0.05) is 58.9 Å². The van der Waals surface area contributed by atoms with Gasteiger partial charge < -0.3 is 0 Å². The Morgan fingerprint density at radius 3 is 2.13 bits per heavy atom. The summed E-state index contributed by atoms with van der Waals surface area (Å²) in [6.45, 7) is 10.3. The Morgan fingerprint density at radius 1 is 1.13 bits per heavy atom. The molecule has 0 unspecified atom stereocenters. The van der Waals surface area contributed by atoms with Gasteiger partial charge in [-0.3, -0.25) is 4.79 Å². The summed E-state index contributed by atoms with van der Waals surface area (Å²) in [6, 6.07) is 7.92. The Morgan fingerprint density at radius 2 is 1.67 bits per heavy atom. The first-order valence-corrected chi connectivity index (χ1v) is 5.47. The highest BCUT2D eigenvalue weighted by atomic mass is 16.1. The van der Waals surface area contributed by atoms with Crippen LogP contribution in [0.3, 0.4) is 0 Å². The van der Waals surface area contributed by atoms with Crippen molar-refractivity contribution in [3.63, 3.8) is 0 Å². The normalized spacial score (nSPS) is 11.9. The van der Waals surface area contributed by atoms with Crippen molar-refractivity contribution in [2.75, 3.05) is 0 Å². The molecule has 0 radical (unpaired) electrons. The minimum Gasteiger partial charge on any atom is -0.294 e. The zero-order valence-electron chi connectivity index (χ0n) is 10.3. The van der Waals surface area contributed by atoms with Gasteiger partial charge in [0.15, 0.2) is 5.78 Å². The monoisotopic (exact) mass is 204 g/mol. The first kappa shape index (κ1) is 12.0. The number of Topliss-reactive ketones (excluding diaryl/α,β-unsaturated/α-hetero) is 1. The quantitative estimate of drug-likeness (QED) is 0.669. The molecule has 0 heterocycles. The minimum absolute atomic E-state index is 0.0289. The molecule has 0 bridgehead atoms. The Labute approximate surface area is 92.5 Å². The fraction of sp³-hybridized carbons (Fsp3) is 0.500. The van der Waals surface area contributed by atoms with Crippen LogP contribution in [0.4, 0.5) is 0 Å². The highest BCUT2D eigenvalue weighted by molar-refractivity contribution is 5.99. The maximum Gasteiger partial charge on any atom is 0.165 e. The summed E-state index contributed by atoms with van der Waals surface area (Å²) in [4.78, 5) is 12.0. The number of carbonyl (C=O) groups excluding carboxylic acids is 1. The Hall–Kier alpha value is -1.11. The fourth-order valence-corrected chi connectivity index (χ4v) is 1.66. The smallest absolute Gasteiger partial charge is 0.165 e. The standard InChI is InChI=1S/C14H20O/c1-10(2)13(15)11-8-6-7-9-12(11)14(3,4)5/h6-10H,1-5H3. The molecule has 1 rings (SSSR count). The molecule has 15 heavy (non-hydrogen) atoms. The molecule has 0 atom stereocenters. The van der Waals surface area contributed by atoms with Crippen molar-refractivity contribution in [2.45, 2.75) is 40.0 Å². The van der Waals surface area contributed by atoms with Crippen LogP contribution in [0.15, 0.2) is 24.3 Å². The molecule has 0 N–H and O–H groups in total. The average Bonchev–Trinajstić information content (AvgIpc) is 2.15. The predicted octanol–water partition coefficient (Wildman–Crippen LogP) is 3.82. The first-order valence-electron chi connectivity index (χ1n) is 5.47. The molecule has 0 aromatic heterocycles. The van der Waals surface area contributed by atoms with E-state index in [1.54, 1.807) is 0 Å². The molecule has 0 aliphatic heterocycles. The largest absolute Gasteiger partial charge is 0.294 e. The molecular weight excluding hydrogens is 184 g/mol. The summed E-state index contributed by atoms with van der Waals surface area (Å²) in [5.41, 5.74) is 2.05. The van der Waals surface area contributed by atoms with E-state index in [-0.39, 0.29) is 17.1 Å². The molecule has 0 aliphatic carbocycles. The number of hydrogen-bond donors (Lipinski definition) is 0. The van der Waals surface area contributed by atoms with Gasteiger partial charge in [0.05, 0.1) is 0 Å². The van der Waals surface area contributed by atoms with Crippen LogP contribution >= 0.6 is 0 Å². The van der Waals surface area contributed by atoms with E-state index < -0.39 is 0 Å². The summed E-state index contributed by atoms with van der Waals surface area (Å²) in [6.07, 6.45) is 0. The minimum atomic E-state index is 0.0289. The van der Waals surface area contributed by atoms with Crippen molar-refractivity contribution in [2.24, 2.45) is 5.92 Å². The van der Waals surface area contributed by atoms with E-state index in [0.717, 1.165) is 11.1 Å². The van der Waals surface area contributed by atoms with Crippen LogP contribution in [-0.2, 0) is 5.41 Å². The molecule has 1 nitrogen and oxygen atoms in total. The lowest BCUT2D eigenvalue weighted by Crippen LogP contribution is -2.19. The topological polar surface area (TPSA) is 17.1 Å². The lowest BCUT2D eigenvalue weighted by atomic mass is 9.81. The third-order valence-corrected chi connectivity index (χ3v) is 2.52. The molecule has 0 saturated heterocycles. The van der Waals surface area contributed by atoms with E-state index in [9.17, 15) is 4.79 Å². The van der Waals surface area contributed by atoms with Crippen LogP contribution in [0.5, 0.6) is 0 Å². The van der Waals surface area contributed by atoms with Crippen molar-refractivity contribution >= 4 is 5.78 Å². The van der Waals surface area contributed by atoms with Crippen molar-refractivity contribution in [3.05, 3.63) is 35.4 Å². The summed E-state index contributed by atoms with van der Waals surface area (Å²) in [5, 5.41) is 0. The lowest BCUT2D eigenvalue weighted by Gasteiger charge is -2.22. The molecule has 1 aromatic rings. The van der Waals surface area contributed by atoms with Crippen molar-refractivity contribution < 1.29 is 4.79 Å². The molecule has 0 saturated carbocycles. The van der Waals surface area contributed by atoms with Gasteiger partial charge in [0, 0.05) is 11.5 Å². The summed E-state index contributed by atoms with van der Waals surface area (Å²) in [5.74, 6) is 0.300. The van der Waals surface area contributed by atoms with Crippen LogP contribution in [0.1, 0.15) is 50.5 Å². The van der Waals surface area contributed by atoms with Crippen LogP contribution in [0.2, 0.25) is 0 Å².